The van der Waals surface area contributed by atoms with Crippen LogP contribution >= 0.6 is 11.3 Å². The molecule has 0 aliphatic carbocycles. The first-order valence-corrected chi connectivity index (χ1v) is 5.88. The van der Waals surface area contributed by atoms with E-state index in [1.807, 2.05) is 26.2 Å². The summed E-state index contributed by atoms with van der Waals surface area (Å²) < 4.78 is 1.79. The second-order valence-electron chi connectivity index (χ2n) is 3.77. The normalized spacial score (nSPS) is 10.8. The monoisotopic (exact) mass is 235 g/mol. The topological polar surface area (TPSA) is 47.8 Å². The molecule has 0 radical (unpaired) electrons. The van der Waals surface area contributed by atoms with Crippen LogP contribution in [-0.2, 0) is 0 Å². The molecule has 0 unspecified atom stereocenters. The molecule has 0 atom stereocenters. The fraction of sp³-hybridized carbons (Fsp3) is 0.364. The first-order valence-electron chi connectivity index (χ1n) is 5.00. The van der Waals surface area contributed by atoms with E-state index in [9.17, 15) is 4.79 Å². The van der Waals surface area contributed by atoms with Gasteiger partial charge in [0.1, 0.15) is 0 Å². The molecule has 0 fully saturated rings. The summed E-state index contributed by atoms with van der Waals surface area (Å²) in [5.41, 5.74) is 3.23. The lowest BCUT2D eigenvalue weighted by molar-refractivity contribution is 0.101. The molecule has 84 valence electrons. The van der Waals surface area contributed by atoms with E-state index >= 15 is 0 Å². The molecule has 0 aliphatic rings. The summed E-state index contributed by atoms with van der Waals surface area (Å²) in [6, 6.07) is 0. The van der Waals surface area contributed by atoms with Crippen LogP contribution in [0.3, 0.4) is 0 Å². The predicted molar refractivity (Wildman–Crippen MR) is 63.5 cm³/mol. The van der Waals surface area contributed by atoms with Crippen molar-refractivity contribution < 1.29 is 4.79 Å². The molecule has 2 aromatic rings. The van der Waals surface area contributed by atoms with Crippen molar-refractivity contribution in [1.29, 1.82) is 0 Å². The molecule has 0 N–H and O–H groups in total. The molecule has 0 spiro atoms. The molecule has 0 bridgehead atoms. The van der Waals surface area contributed by atoms with E-state index in [0.717, 1.165) is 22.8 Å². The summed E-state index contributed by atoms with van der Waals surface area (Å²) in [4.78, 5) is 15.4. The third-order valence-electron chi connectivity index (χ3n) is 2.66. The highest BCUT2D eigenvalue weighted by Crippen LogP contribution is 2.19. The lowest BCUT2D eigenvalue weighted by Crippen LogP contribution is -2.01. The molecule has 0 saturated carbocycles. The summed E-state index contributed by atoms with van der Waals surface area (Å²) in [6.45, 7) is 7.53. The molecule has 4 nitrogen and oxygen atoms in total. The number of thiazole rings is 1. The van der Waals surface area contributed by atoms with Crippen molar-refractivity contribution >= 4 is 17.1 Å². The zero-order valence-corrected chi connectivity index (χ0v) is 10.6. The van der Waals surface area contributed by atoms with Gasteiger partial charge in [-0.25, -0.2) is 9.67 Å². The number of ketones is 1. The van der Waals surface area contributed by atoms with Crippen LogP contribution in [0.5, 0.6) is 0 Å². The number of aromatic nitrogens is 3. The molecular formula is C11H13N3OS. The predicted octanol–water partition coefficient (Wildman–Crippen LogP) is 2.46. The second kappa shape index (κ2) is 3.83. The zero-order chi connectivity index (χ0) is 11.9. The van der Waals surface area contributed by atoms with Gasteiger partial charge in [0.05, 0.1) is 5.69 Å². The summed E-state index contributed by atoms with van der Waals surface area (Å²) in [7, 11) is 0. The van der Waals surface area contributed by atoms with Crippen LogP contribution in [-0.4, -0.2) is 20.5 Å². The summed E-state index contributed by atoms with van der Waals surface area (Å²) in [6.07, 6.45) is 0. The van der Waals surface area contributed by atoms with Crippen molar-refractivity contribution in [2.45, 2.75) is 27.7 Å². The van der Waals surface area contributed by atoms with Crippen molar-refractivity contribution in [2.75, 3.05) is 0 Å². The van der Waals surface area contributed by atoms with Gasteiger partial charge in [-0.1, -0.05) is 0 Å². The number of hydrogen-bond acceptors (Lipinski definition) is 4. The number of hydrogen-bond donors (Lipinski definition) is 0. The Hall–Kier alpha value is -1.49. The molecule has 2 heterocycles. The average Bonchev–Trinajstić information content (AvgIpc) is 2.79. The van der Waals surface area contributed by atoms with Gasteiger partial charge in [-0.05, 0) is 26.3 Å². The Morgan fingerprint density at radius 2 is 2.06 bits per heavy atom. The number of rotatable bonds is 2. The summed E-state index contributed by atoms with van der Waals surface area (Å²) >= 11 is 1.35. The van der Waals surface area contributed by atoms with E-state index < -0.39 is 0 Å². The number of carbonyl (C=O) groups is 1. The molecule has 0 aromatic carbocycles. The quantitative estimate of drug-likeness (QED) is 0.751. The van der Waals surface area contributed by atoms with E-state index in [0.29, 0.717) is 5.01 Å². The molecular weight excluding hydrogens is 222 g/mol. The van der Waals surface area contributed by atoms with Gasteiger partial charge >= 0.3 is 0 Å². The minimum atomic E-state index is -0.00509. The van der Waals surface area contributed by atoms with Gasteiger partial charge in [-0.15, -0.1) is 11.3 Å². The highest BCUT2D eigenvalue weighted by atomic mass is 32.1. The third-order valence-corrected chi connectivity index (χ3v) is 3.59. The van der Waals surface area contributed by atoms with Crippen molar-refractivity contribution in [3.8, 4) is 5.82 Å². The Kier molecular flexibility index (Phi) is 2.63. The van der Waals surface area contributed by atoms with E-state index in [-0.39, 0.29) is 5.78 Å². The molecule has 0 amide bonds. The highest BCUT2D eigenvalue weighted by Gasteiger charge is 2.13. The zero-order valence-electron chi connectivity index (χ0n) is 9.74. The Morgan fingerprint density at radius 3 is 2.50 bits per heavy atom. The molecule has 2 aromatic heterocycles. The fourth-order valence-electron chi connectivity index (χ4n) is 1.47. The van der Waals surface area contributed by atoms with Crippen LogP contribution in [0.4, 0.5) is 0 Å². The molecule has 0 saturated heterocycles. The van der Waals surface area contributed by atoms with Gasteiger partial charge in [0.2, 0.25) is 0 Å². The van der Waals surface area contributed by atoms with E-state index in [1.54, 1.807) is 4.68 Å². The maximum atomic E-state index is 11.2. The summed E-state index contributed by atoms with van der Waals surface area (Å²) in [5.74, 6) is 0.721. The van der Waals surface area contributed by atoms with Crippen molar-refractivity contribution in [1.82, 2.24) is 14.8 Å². The number of Topliss-reactive ketones (excluding diaryl/α,β-unsaturated/α-hetero) is 1. The smallest absolute Gasteiger partial charge is 0.188 e. The lowest BCUT2D eigenvalue weighted by atomic mass is 10.2. The van der Waals surface area contributed by atoms with Crippen LogP contribution in [0, 0.1) is 20.8 Å². The first kappa shape index (κ1) is 11.0. The maximum Gasteiger partial charge on any atom is 0.188 e. The highest BCUT2D eigenvalue weighted by molar-refractivity contribution is 7.11. The number of aryl methyl sites for hydroxylation is 1. The van der Waals surface area contributed by atoms with Crippen LogP contribution in [0.2, 0.25) is 0 Å². The Labute approximate surface area is 97.9 Å². The third kappa shape index (κ3) is 1.67. The van der Waals surface area contributed by atoms with Crippen molar-refractivity contribution in [3.05, 3.63) is 27.3 Å². The van der Waals surface area contributed by atoms with Gasteiger partial charge in [0.15, 0.2) is 16.6 Å². The first-order chi connectivity index (χ1) is 7.50. The fourth-order valence-corrected chi connectivity index (χ4v) is 2.15. The number of nitrogens with zero attached hydrogens (tertiary/aromatic N) is 3. The van der Waals surface area contributed by atoms with Crippen LogP contribution < -0.4 is 0 Å². The molecule has 2 rings (SSSR count). The molecule has 5 heteroatoms. The van der Waals surface area contributed by atoms with Gasteiger partial charge in [0.25, 0.3) is 0 Å². The molecule has 16 heavy (non-hydrogen) atoms. The summed E-state index contributed by atoms with van der Waals surface area (Å²) in [5, 5.41) is 6.79. The average molecular weight is 235 g/mol. The standard InChI is InChI=1S/C11H13N3OS/c1-6-7(2)13-14(8(6)3)10-5-16-11(12-10)9(4)15/h5H,1-4H3. The molecule has 0 aliphatic heterocycles. The Balaban J connectivity index is 2.50. The van der Waals surface area contributed by atoms with E-state index in [1.165, 1.54) is 18.3 Å². The maximum absolute atomic E-state index is 11.2. The minimum absolute atomic E-state index is 0.00509. The second-order valence-corrected chi connectivity index (χ2v) is 4.63. The van der Waals surface area contributed by atoms with Crippen LogP contribution in [0.1, 0.15) is 33.7 Å². The Bertz CT molecular complexity index is 554. The SMILES string of the molecule is CC(=O)c1nc(-n2nc(C)c(C)c2C)cs1. The van der Waals surface area contributed by atoms with Crippen molar-refractivity contribution in [3.63, 3.8) is 0 Å². The Morgan fingerprint density at radius 1 is 1.38 bits per heavy atom. The van der Waals surface area contributed by atoms with Gasteiger partial charge in [-0.2, -0.15) is 5.10 Å². The minimum Gasteiger partial charge on any atom is -0.292 e. The van der Waals surface area contributed by atoms with Gasteiger partial charge < -0.3 is 0 Å². The van der Waals surface area contributed by atoms with Crippen LogP contribution in [0.15, 0.2) is 5.38 Å². The largest absolute Gasteiger partial charge is 0.292 e. The van der Waals surface area contributed by atoms with E-state index in [4.69, 9.17) is 0 Å². The van der Waals surface area contributed by atoms with E-state index in [2.05, 4.69) is 10.1 Å². The van der Waals surface area contributed by atoms with Gasteiger partial charge in [-0.3, -0.25) is 4.79 Å². The van der Waals surface area contributed by atoms with Gasteiger partial charge in [0, 0.05) is 18.0 Å². The van der Waals surface area contributed by atoms with Crippen LogP contribution in [0.25, 0.3) is 5.82 Å². The van der Waals surface area contributed by atoms with Crippen molar-refractivity contribution in [2.24, 2.45) is 0 Å². The number of carbonyl (C=O) groups excluding carboxylic acids is 1. The lowest BCUT2D eigenvalue weighted by Gasteiger charge is -1.98.